The van der Waals surface area contributed by atoms with Gasteiger partial charge in [-0.3, -0.25) is 4.79 Å². The number of anilines is 1. The van der Waals surface area contributed by atoms with E-state index in [1.54, 1.807) is 19.2 Å². The zero-order valence-electron chi connectivity index (χ0n) is 10.5. The lowest BCUT2D eigenvalue weighted by atomic mass is 10.2. The Labute approximate surface area is 115 Å². The SMILES string of the molecule is COCC(Cc1cc2c(Cl)ccc(N)c2[nH]1)OC=O. The van der Waals surface area contributed by atoms with Gasteiger partial charge in [-0.15, -0.1) is 0 Å². The van der Waals surface area contributed by atoms with Crippen LogP contribution in [-0.4, -0.2) is 31.3 Å². The van der Waals surface area contributed by atoms with Crippen molar-refractivity contribution in [2.45, 2.75) is 12.5 Å². The first-order valence-corrected chi connectivity index (χ1v) is 6.17. The minimum atomic E-state index is -0.337. The molecule has 0 radical (unpaired) electrons. The molecule has 0 aliphatic rings. The van der Waals surface area contributed by atoms with E-state index >= 15 is 0 Å². The molecule has 1 aromatic carbocycles. The molecule has 0 aliphatic heterocycles. The Bertz CT molecular complexity index is 544. The third-order valence-corrected chi connectivity index (χ3v) is 3.21. The number of halogens is 1. The highest BCUT2D eigenvalue weighted by Crippen LogP contribution is 2.29. The van der Waals surface area contributed by atoms with Crippen molar-refractivity contribution in [1.82, 2.24) is 4.98 Å². The number of rotatable bonds is 6. The summed E-state index contributed by atoms with van der Waals surface area (Å²) in [5.41, 5.74) is 8.20. The van der Waals surface area contributed by atoms with Gasteiger partial charge in [-0.2, -0.15) is 0 Å². The molecule has 0 aliphatic carbocycles. The fourth-order valence-electron chi connectivity index (χ4n) is 2.03. The molecule has 1 atom stereocenters. The maximum absolute atomic E-state index is 10.4. The Hall–Kier alpha value is -1.72. The lowest BCUT2D eigenvalue weighted by Crippen LogP contribution is -2.21. The number of hydrogen-bond acceptors (Lipinski definition) is 4. The Morgan fingerprint density at radius 2 is 2.32 bits per heavy atom. The van der Waals surface area contributed by atoms with Gasteiger partial charge in [-0.1, -0.05) is 11.6 Å². The van der Waals surface area contributed by atoms with Gasteiger partial charge in [-0.25, -0.2) is 0 Å². The molecule has 5 nitrogen and oxygen atoms in total. The topological polar surface area (TPSA) is 77.3 Å². The van der Waals surface area contributed by atoms with Crippen LogP contribution in [0.4, 0.5) is 5.69 Å². The fraction of sp³-hybridized carbons (Fsp3) is 0.308. The number of aromatic nitrogens is 1. The maximum Gasteiger partial charge on any atom is 0.293 e. The monoisotopic (exact) mass is 282 g/mol. The van der Waals surface area contributed by atoms with E-state index in [1.165, 1.54) is 0 Å². The molecule has 0 saturated heterocycles. The Morgan fingerprint density at radius 3 is 2.95 bits per heavy atom. The number of ether oxygens (including phenoxy) is 2. The number of methoxy groups -OCH3 is 1. The first-order valence-electron chi connectivity index (χ1n) is 5.79. The highest BCUT2D eigenvalue weighted by Gasteiger charge is 2.14. The average molecular weight is 283 g/mol. The third kappa shape index (κ3) is 3.00. The van der Waals surface area contributed by atoms with Crippen LogP contribution in [0.1, 0.15) is 5.69 Å². The number of fused-ring (bicyclic) bond motifs is 1. The van der Waals surface area contributed by atoms with E-state index in [2.05, 4.69) is 4.98 Å². The number of carbonyl (C=O) groups excluding carboxylic acids is 1. The summed E-state index contributed by atoms with van der Waals surface area (Å²) in [4.78, 5) is 13.6. The Kier molecular flexibility index (Phi) is 4.29. The van der Waals surface area contributed by atoms with Crippen molar-refractivity contribution in [2.24, 2.45) is 0 Å². The molecule has 1 aromatic heterocycles. The third-order valence-electron chi connectivity index (χ3n) is 2.88. The molecule has 0 spiro atoms. The molecule has 2 rings (SSSR count). The molecular weight excluding hydrogens is 268 g/mol. The maximum atomic E-state index is 10.4. The number of benzene rings is 1. The van der Waals surface area contributed by atoms with Gasteiger partial charge in [0.2, 0.25) is 0 Å². The van der Waals surface area contributed by atoms with Gasteiger partial charge < -0.3 is 20.2 Å². The first kappa shape index (κ1) is 13.7. The van der Waals surface area contributed by atoms with Crippen LogP contribution in [0.25, 0.3) is 10.9 Å². The molecule has 6 heteroatoms. The fourth-order valence-corrected chi connectivity index (χ4v) is 2.24. The van der Waals surface area contributed by atoms with Crippen molar-refractivity contribution >= 4 is 34.7 Å². The molecule has 0 fully saturated rings. The number of nitrogens with two attached hydrogens (primary N) is 1. The smallest absolute Gasteiger partial charge is 0.293 e. The van der Waals surface area contributed by atoms with E-state index in [0.29, 0.717) is 30.2 Å². The number of hydrogen-bond donors (Lipinski definition) is 2. The molecular formula is C13H15ClN2O3. The Morgan fingerprint density at radius 1 is 1.53 bits per heavy atom. The second kappa shape index (κ2) is 5.95. The van der Waals surface area contributed by atoms with E-state index in [-0.39, 0.29) is 6.10 Å². The van der Waals surface area contributed by atoms with Crippen LogP contribution < -0.4 is 5.73 Å². The van der Waals surface area contributed by atoms with Crippen LogP contribution in [0.3, 0.4) is 0 Å². The van der Waals surface area contributed by atoms with E-state index in [0.717, 1.165) is 16.6 Å². The predicted octanol–water partition coefficient (Wildman–Crippen LogP) is 2.13. The van der Waals surface area contributed by atoms with E-state index in [9.17, 15) is 4.79 Å². The predicted molar refractivity (Wildman–Crippen MR) is 74.2 cm³/mol. The molecule has 19 heavy (non-hydrogen) atoms. The van der Waals surface area contributed by atoms with Crippen LogP contribution >= 0.6 is 11.6 Å². The summed E-state index contributed by atoms with van der Waals surface area (Å²) < 4.78 is 9.95. The van der Waals surface area contributed by atoms with Crippen molar-refractivity contribution in [3.63, 3.8) is 0 Å². The van der Waals surface area contributed by atoms with Crippen LogP contribution in [0.5, 0.6) is 0 Å². The normalized spacial score (nSPS) is 12.5. The highest BCUT2D eigenvalue weighted by molar-refractivity contribution is 6.35. The van der Waals surface area contributed by atoms with Crippen molar-refractivity contribution < 1.29 is 14.3 Å². The van der Waals surface area contributed by atoms with Crippen molar-refractivity contribution in [1.29, 1.82) is 0 Å². The van der Waals surface area contributed by atoms with Gasteiger partial charge >= 0.3 is 0 Å². The summed E-state index contributed by atoms with van der Waals surface area (Å²) in [6.07, 6.45) is 0.173. The van der Waals surface area contributed by atoms with E-state index in [1.807, 2.05) is 6.07 Å². The van der Waals surface area contributed by atoms with Gasteiger partial charge in [0, 0.05) is 24.6 Å². The van der Waals surface area contributed by atoms with Crippen LogP contribution in [0.15, 0.2) is 18.2 Å². The van der Waals surface area contributed by atoms with Crippen molar-refractivity contribution in [3.05, 3.63) is 28.9 Å². The first-order chi connectivity index (χ1) is 9.15. The molecule has 102 valence electrons. The van der Waals surface area contributed by atoms with Crippen LogP contribution in [-0.2, 0) is 20.7 Å². The summed E-state index contributed by atoms with van der Waals surface area (Å²) in [6, 6.07) is 5.41. The quantitative estimate of drug-likeness (QED) is 0.628. The number of aromatic amines is 1. The van der Waals surface area contributed by atoms with Gasteiger partial charge in [0.05, 0.1) is 22.8 Å². The minimum absolute atomic E-state index is 0.331. The number of nitrogens with one attached hydrogen (secondary N) is 1. The lowest BCUT2D eigenvalue weighted by molar-refractivity contribution is -0.135. The van der Waals surface area contributed by atoms with E-state index in [4.69, 9.17) is 26.8 Å². The molecule has 1 heterocycles. The zero-order chi connectivity index (χ0) is 13.8. The highest BCUT2D eigenvalue weighted by atomic mass is 35.5. The standard InChI is InChI=1S/C13H15ClN2O3/c1-18-6-9(19-7-17)4-8-5-10-11(14)2-3-12(15)13(10)16-8/h2-3,5,7,9,16H,4,6,15H2,1H3. The molecule has 0 bridgehead atoms. The zero-order valence-corrected chi connectivity index (χ0v) is 11.2. The molecule has 2 aromatic rings. The lowest BCUT2D eigenvalue weighted by Gasteiger charge is -2.12. The minimum Gasteiger partial charge on any atom is -0.462 e. The van der Waals surface area contributed by atoms with Gasteiger partial charge in [0.1, 0.15) is 6.10 Å². The van der Waals surface area contributed by atoms with Gasteiger partial charge in [0.15, 0.2) is 0 Å². The van der Waals surface area contributed by atoms with Gasteiger partial charge in [-0.05, 0) is 18.2 Å². The van der Waals surface area contributed by atoms with Crippen molar-refractivity contribution in [3.8, 4) is 0 Å². The van der Waals surface area contributed by atoms with Crippen molar-refractivity contribution in [2.75, 3.05) is 19.5 Å². The number of carbonyl (C=O) groups is 1. The van der Waals surface area contributed by atoms with Crippen LogP contribution in [0, 0.1) is 0 Å². The van der Waals surface area contributed by atoms with Crippen LogP contribution in [0.2, 0.25) is 5.02 Å². The molecule has 3 N–H and O–H groups in total. The van der Waals surface area contributed by atoms with E-state index < -0.39 is 0 Å². The Balaban J connectivity index is 2.27. The second-order valence-corrected chi connectivity index (χ2v) is 4.64. The number of nitrogen functional groups attached to an aromatic ring is 1. The summed E-state index contributed by atoms with van der Waals surface area (Å²) in [7, 11) is 1.56. The summed E-state index contributed by atoms with van der Waals surface area (Å²) in [6.45, 7) is 0.755. The molecule has 1 unspecified atom stereocenters. The summed E-state index contributed by atoms with van der Waals surface area (Å²) >= 11 is 6.11. The number of H-pyrrole nitrogens is 1. The molecule has 0 saturated carbocycles. The molecule has 0 amide bonds. The average Bonchev–Trinajstić information content (AvgIpc) is 2.80. The second-order valence-electron chi connectivity index (χ2n) is 4.23. The summed E-state index contributed by atoms with van der Waals surface area (Å²) in [5, 5.41) is 1.49. The van der Waals surface area contributed by atoms with Gasteiger partial charge in [0.25, 0.3) is 6.47 Å². The largest absolute Gasteiger partial charge is 0.462 e. The summed E-state index contributed by atoms with van der Waals surface area (Å²) in [5.74, 6) is 0.